The van der Waals surface area contributed by atoms with Crippen LogP contribution in [-0.4, -0.2) is 75.4 Å². The molecule has 0 saturated carbocycles. The summed E-state index contributed by atoms with van der Waals surface area (Å²) in [6, 6.07) is 24.6. The van der Waals surface area contributed by atoms with Gasteiger partial charge in [0.15, 0.2) is 30.8 Å². The summed E-state index contributed by atoms with van der Waals surface area (Å²) in [7, 11) is -3.15. The largest absolute Gasteiger partial charge is 0.534 e. The first kappa shape index (κ1) is 43.7. The lowest BCUT2D eigenvalue weighted by atomic mass is 9.97. The third kappa shape index (κ3) is 10.8. The maximum atomic E-state index is 12.5. The van der Waals surface area contributed by atoms with Crippen LogP contribution in [0.1, 0.15) is 38.8 Å². The van der Waals surface area contributed by atoms with Crippen molar-refractivity contribution in [1.82, 2.24) is 9.97 Å². The molecule has 5 rings (SSSR count). The van der Waals surface area contributed by atoms with Crippen molar-refractivity contribution in [3.05, 3.63) is 114 Å². The van der Waals surface area contributed by atoms with E-state index in [0.717, 1.165) is 41.6 Å². The fourth-order valence-corrected chi connectivity index (χ4v) is 5.37. The van der Waals surface area contributed by atoms with E-state index in [1.54, 1.807) is 19.1 Å². The zero-order valence-electron chi connectivity index (χ0n) is 30.6. The lowest BCUT2D eigenvalue weighted by Gasteiger charge is -2.12. The summed E-state index contributed by atoms with van der Waals surface area (Å²) in [5.41, 5.74) is -2.52. The van der Waals surface area contributed by atoms with E-state index in [9.17, 15) is 41.5 Å². The summed E-state index contributed by atoms with van der Waals surface area (Å²) >= 11 is 0. The molecule has 5 aromatic rings. The summed E-state index contributed by atoms with van der Waals surface area (Å²) in [4.78, 5) is 32.1. The van der Waals surface area contributed by atoms with Crippen molar-refractivity contribution in [2.45, 2.75) is 12.4 Å². The molecule has 0 fully saturated rings. The first-order valence-corrected chi connectivity index (χ1v) is 17.9. The van der Waals surface area contributed by atoms with E-state index in [4.69, 9.17) is 24.2 Å². The van der Waals surface area contributed by atoms with Crippen LogP contribution in [0, 0.1) is 22.7 Å². The number of carboxylic acid groups (broad SMARTS) is 1. The maximum absolute atomic E-state index is 12.5. The maximum Gasteiger partial charge on any atom is 0.534 e. The van der Waals surface area contributed by atoms with E-state index in [1.807, 2.05) is 42.5 Å². The molecule has 3 aromatic carbocycles. The van der Waals surface area contributed by atoms with Crippen LogP contribution in [0.5, 0.6) is 17.2 Å². The van der Waals surface area contributed by atoms with E-state index in [0.29, 0.717) is 16.8 Å². The van der Waals surface area contributed by atoms with Gasteiger partial charge in [0.2, 0.25) is 0 Å². The van der Waals surface area contributed by atoms with Gasteiger partial charge in [-0.2, -0.15) is 32.1 Å². The van der Waals surface area contributed by atoms with Crippen molar-refractivity contribution in [1.29, 1.82) is 10.5 Å². The predicted molar refractivity (Wildman–Crippen MR) is 198 cm³/mol. The minimum Gasteiger partial charge on any atom is -0.478 e. The number of pyridine rings is 2. The zero-order chi connectivity index (χ0) is 42.5. The number of ether oxygens (including phenoxy) is 5. The Bertz CT molecular complexity index is 2470. The van der Waals surface area contributed by atoms with E-state index in [2.05, 4.69) is 25.0 Å². The number of carboxylic acids is 1. The first-order chi connectivity index (χ1) is 27.7. The zero-order valence-corrected chi connectivity index (χ0v) is 31.5. The second kappa shape index (κ2) is 19.7. The van der Waals surface area contributed by atoms with E-state index < -0.39 is 38.9 Å². The third-order valence-corrected chi connectivity index (χ3v) is 8.49. The minimum atomic E-state index is -5.97. The molecule has 0 saturated heterocycles. The number of rotatable bonds is 14. The Kier molecular flexibility index (Phi) is 14.8. The molecule has 0 aliphatic carbocycles. The molecule has 0 bridgehead atoms. The van der Waals surface area contributed by atoms with Gasteiger partial charge in [0.25, 0.3) is 0 Å². The SMILES string of the molecule is CCOC(=O)c1cc(-c2ccc(-c3ccccc3)c(C#N)c2)ncc1OCOC.COCOc1cnc(-c2ccc(OS(=O)(=O)C(F)(F)F)c(C#N)c2)cc1C(=O)O. The lowest BCUT2D eigenvalue weighted by Crippen LogP contribution is -2.28. The molecule has 15 nitrogen and oxygen atoms in total. The smallest absolute Gasteiger partial charge is 0.478 e. The topological polar surface area (TPSA) is 217 Å². The molecule has 300 valence electrons. The monoisotopic (exact) mass is 820 g/mol. The fraction of sp³-hybridized carbons (Fsp3) is 0.179. The molecule has 0 aliphatic rings. The van der Waals surface area contributed by atoms with Crippen LogP contribution in [0.3, 0.4) is 0 Å². The average Bonchev–Trinajstić information content (AvgIpc) is 3.22. The van der Waals surface area contributed by atoms with Crippen molar-refractivity contribution in [3.63, 3.8) is 0 Å². The van der Waals surface area contributed by atoms with E-state index >= 15 is 0 Å². The van der Waals surface area contributed by atoms with Gasteiger partial charge in [-0.3, -0.25) is 9.97 Å². The van der Waals surface area contributed by atoms with Crippen LogP contribution in [0.15, 0.2) is 91.3 Å². The molecule has 58 heavy (non-hydrogen) atoms. The lowest BCUT2D eigenvalue weighted by molar-refractivity contribution is -0.0500. The Morgan fingerprint density at radius 1 is 0.741 bits per heavy atom. The molecular formula is C39H31F3N4O11S. The fourth-order valence-electron chi connectivity index (χ4n) is 4.89. The summed E-state index contributed by atoms with van der Waals surface area (Å²) in [6.07, 6.45) is 2.54. The molecule has 2 aromatic heterocycles. The second-order valence-corrected chi connectivity index (χ2v) is 12.8. The first-order valence-electron chi connectivity index (χ1n) is 16.5. The normalized spacial score (nSPS) is 10.9. The van der Waals surface area contributed by atoms with Gasteiger partial charge in [-0.1, -0.05) is 42.5 Å². The number of aromatic nitrogens is 2. The van der Waals surface area contributed by atoms with Crippen LogP contribution in [0.4, 0.5) is 13.2 Å². The number of halogens is 3. The van der Waals surface area contributed by atoms with Crippen LogP contribution in [0.25, 0.3) is 33.6 Å². The molecule has 0 amide bonds. The number of nitrogens with zero attached hydrogens (tertiary/aromatic N) is 4. The average molecular weight is 821 g/mol. The number of aromatic carboxylic acids is 1. The van der Waals surface area contributed by atoms with Crippen LogP contribution in [0.2, 0.25) is 0 Å². The van der Waals surface area contributed by atoms with Crippen LogP contribution in [-0.2, 0) is 24.3 Å². The number of methoxy groups -OCH3 is 2. The number of benzene rings is 3. The van der Waals surface area contributed by atoms with Gasteiger partial charge in [-0.05, 0) is 54.4 Å². The van der Waals surface area contributed by atoms with Gasteiger partial charge >= 0.3 is 27.6 Å². The highest BCUT2D eigenvalue weighted by atomic mass is 32.2. The number of esters is 1. The van der Waals surface area contributed by atoms with Crippen molar-refractivity contribution >= 4 is 22.1 Å². The molecule has 0 unspecified atom stereocenters. The highest BCUT2D eigenvalue weighted by Crippen LogP contribution is 2.33. The number of alkyl halides is 3. The quantitative estimate of drug-likeness (QED) is 0.0517. The molecule has 0 radical (unpaired) electrons. The molecular weight excluding hydrogens is 790 g/mol. The summed E-state index contributed by atoms with van der Waals surface area (Å²) in [6.45, 7) is 1.72. The standard InChI is InChI=1S/C23H20N2O4.C16H11F3N2O7S/c1-3-28-23(26)20-12-21(25-14-22(20)29-15-27-2)17-9-10-19(18(11-17)13-24)16-7-5-4-6-8-16;1-26-8-27-14-7-21-12(5-11(14)15(22)23)9-2-3-13(10(4-9)6-20)28-29(24,25)16(17,18)19/h4-12,14H,3,15H2,1-2H3;2-5,7H,8H2,1H3,(H,22,23). The molecule has 19 heteroatoms. The Morgan fingerprint density at radius 3 is 1.79 bits per heavy atom. The Hall–Kier alpha value is -7.06. The molecule has 2 heterocycles. The van der Waals surface area contributed by atoms with Gasteiger partial charge in [-0.15, -0.1) is 0 Å². The van der Waals surface area contributed by atoms with E-state index in [-0.39, 0.29) is 54.1 Å². The van der Waals surface area contributed by atoms with Gasteiger partial charge < -0.3 is 33.0 Å². The number of nitriles is 2. The Balaban J connectivity index is 0.000000257. The summed E-state index contributed by atoms with van der Waals surface area (Å²) in [5, 5.41) is 28.0. The molecule has 0 atom stereocenters. The summed E-state index contributed by atoms with van der Waals surface area (Å²) < 4.78 is 88.8. The van der Waals surface area contributed by atoms with Crippen LogP contribution >= 0.6 is 0 Å². The number of hydrogen-bond acceptors (Lipinski definition) is 14. The molecule has 0 aliphatic heterocycles. The second-order valence-electron chi connectivity index (χ2n) is 11.3. The molecule has 1 N–H and O–H groups in total. The van der Waals surface area contributed by atoms with Crippen molar-refractivity contribution < 1.29 is 64.2 Å². The number of hydrogen-bond donors (Lipinski definition) is 1. The summed E-state index contributed by atoms with van der Waals surface area (Å²) in [5.74, 6) is -2.53. The Labute approximate surface area is 329 Å². The van der Waals surface area contributed by atoms with E-state index in [1.165, 1.54) is 26.5 Å². The van der Waals surface area contributed by atoms with Gasteiger partial charge in [-0.25, -0.2) is 9.59 Å². The Morgan fingerprint density at radius 2 is 1.28 bits per heavy atom. The molecule has 0 spiro atoms. The third-order valence-electron chi connectivity index (χ3n) is 7.52. The van der Waals surface area contributed by atoms with Crippen molar-refractivity contribution in [2.75, 3.05) is 34.4 Å². The highest BCUT2D eigenvalue weighted by Gasteiger charge is 2.48. The van der Waals surface area contributed by atoms with Crippen molar-refractivity contribution in [2.24, 2.45) is 0 Å². The van der Waals surface area contributed by atoms with Crippen LogP contribution < -0.4 is 13.7 Å². The highest BCUT2D eigenvalue weighted by molar-refractivity contribution is 7.88. The van der Waals surface area contributed by atoms with Gasteiger partial charge in [0.1, 0.15) is 17.2 Å². The minimum absolute atomic E-state index is 0.0161. The number of carbonyl (C=O) groups excluding carboxylic acids is 1. The van der Waals surface area contributed by atoms with Crippen molar-refractivity contribution in [3.8, 4) is 63.0 Å². The van der Waals surface area contributed by atoms with Gasteiger partial charge in [0.05, 0.1) is 47.6 Å². The number of carbonyl (C=O) groups is 2. The van der Waals surface area contributed by atoms with Gasteiger partial charge in [0, 0.05) is 25.3 Å². The predicted octanol–water partition coefficient (Wildman–Crippen LogP) is 6.98.